The number of rotatable bonds is 3. The summed E-state index contributed by atoms with van der Waals surface area (Å²) in [5.41, 5.74) is 0. The molecular formula is C14H14F6N2O4S. The molecular weight excluding hydrogens is 406 g/mol. The van der Waals surface area contributed by atoms with Crippen LogP contribution in [0.15, 0.2) is 35.2 Å². The molecule has 2 rings (SSSR count). The van der Waals surface area contributed by atoms with Gasteiger partial charge in [0.2, 0.25) is 10.0 Å². The normalized spacial score (nSPS) is 17.2. The summed E-state index contributed by atoms with van der Waals surface area (Å²) in [6, 6.07) is 7.27. The largest absolute Gasteiger partial charge is 0.434 e. The van der Waals surface area contributed by atoms with E-state index >= 15 is 0 Å². The maximum atomic E-state index is 12.4. The molecule has 1 aromatic rings. The predicted molar refractivity (Wildman–Crippen MR) is 79.2 cm³/mol. The third-order valence-electron chi connectivity index (χ3n) is 3.69. The zero-order chi connectivity index (χ0) is 20.5. The number of sulfonamides is 1. The second-order valence-corrected chi connectivity index (χ2v) is 7.49. The van der Waals surface area contributed by atoms with Gasteiger partial charge in [0.25, 0.3) is 6.10 Å². The number of ether oxygens (including phenoxy) is 1. The molecule has 27 heavy (non-hydrogen) atoms. The summed E-state index contributed by atoms with van der Waals surface area (Å²) in [5, 5.41) is 0. The lowest BCUT2D eigenvalue weighted by molar-refractivity contribution is -0.308. The zero-order valence-electron chi connectivity index (χ0n) is 13.5. The van der Waals surface area contributed by atoms with Crippen molar-refractivity contribution < 1.29 is 44.3 Å². The quantitative estimate of drug-likeness (QED) is 0.706. The minimum Gasteiger partial charge on any atom is -0.426 e. The van der Waals surface area contributed by atoms with Gasteiger partial charge in [0, 0.05) is 26.2 Å². The maximum absolute atomic E-state index is 12.4. The Labute approximate surface area is 150 Å². The molecule has 0 bridgehead atoms. The average molecular weight is 420 g/mol. The van der Waals surface area contributed by atoms with Gasteiger partial charge in [0.05, 0.1) is 4.90 Å². The molecule has 0 spiro atoms. The number of hydrogen-bond acceptors (Lipinski definition) is 4. The Bertz CT molecular complexity index is 744. The van der Waals surface area contributed by atoms with Crippen molar-refractivity contribution in [1.82, 2.24) is 9.21 Å². The Kier molecular flexibility index (Phi) is 5.94. The van der Waals surface area contributed by atoms with Gasteiger partial charge < -0.3 is 9.64 Å². The highest BCUT2D eigenvalue weighted by Gasteiger charge is 2.60. The number of carbonyl (C=O) groups excluding carboxylic acids is 1. The van der Waals surface area contributed by atoms with E-state index in [0.717, 1.165) is 4.31 Å². The van der Waals surface area contributed by atoms with E-state index < -0.39 is 47.7 Å². The Morgan fingerprint density at radius 2 is 1.41 bits per heavy atom. The van der Waals surface area contributed by atoms with Crippen LogP contribution in [0.5, 0.6) is 0 Å². The van der Waals surface area contributed by atoms with Crippen molar-refractivity contribution in [3.8, 4) is 0 Å². The van der Waals surface area contributed by atoms with Gasteiger partial charge in [0.15, 0.2) is 0 Å². The smallest absolute Gasteiger partial charge is 0.426 e. The van der Waals surface area contributed by atoms with Crippen LogP contribution in [0, 0.1) is 0 Å². The third kappa shape index (κ3) is 5.03. The minimum atomic E-state index is -5.81. The molecule has 13 heteroatoms. The van der Waals surface area contributed by atoms with E-state index in [9.17, 15) is 39.6 Å². The SMILES string of the molecule is O=C(OC(C(F)(F)F)C(F)(F)F)N1CCN(S(=O)(=O)c2ccccc2)CC1. The molecule has 1 fully saturated rings. The highest BCUT2D eigenvalue weighted by atomic mass is 32.2. The Hall–Kier alpha value is -2.02. The van der Waals surface area contributed by atoms with Crippen molar-refractivity contribution in [2.24, 2.45) is 0 Å². The summed E-state index contributed by atoms with van der Waals surface area (Å²) in [7, 11) is -3.89. The van der Waals surface area contributed by atoms with Crippen LogP contribution in [-0.2, 0) is 14.8 Å². The van der Waals surface area contributed by atoms with Crippen LogP contribution in [0.4, 0.5) is 31.1 Å². The van der Waals surface area contributed by atoms with Gasteiger partial charge in [-0.1, -0.05) is 18.2 Å². The van der Waals surface area contributed by atoms with Crippen LogP contribution < -0.4 is 0 Å². The molecule has 1 saturated heterocycles. The molecule has 0 saturated carbocycles. The summed E-state index contributed by atoms with van der Waals surface area (Å²) < 4.78 is 104. The third-order valence-corrected chi connectivity index (χ3v) is 5.60. The molecule has 0 unspecified atom stereocenters. The van der Waals surface area contributed by atoms with Crippen LogP contribution >= 0.6 is 0 Å². The van der Waals surface area contributed by atoms with Crippen molar-refractivity contribution in [1.29, 1.82) is 0 Å². The lowest BCUT2D eigenvalue weighted by atomic mass is 10.3. The summed E-state index contributed by atoms with van der Waals surface area (Å²) in [6.07, 6.45) is -17.7. The fourth-order valence-electron chi connectivity index (χ4n) is 2.35. The van der Waals surface area contributed by atoms with Crippen LogP contribution in [0.3, 0.4) is 0 Å². The fraction of sp³-hybridized carbons (Fsp3) is 0.500. The second kappa shape index (κ2) is 7.54. The first kappa shape index (κ1) is 21.3. The lowest BCUT2D eigenvalue weighted by Crippen LogP contribution is -2.53. The number of benzene rings is 1. The standard InChI is InChI=1S/C14H14F6N2O4S/c15-13(16,17)11(14(18,19)20)26-12(23)21-6-8-22(9-7-21)27(24,25)10-4-2-1-3-5-10/h1-5,11H,6-9H2. The molecule has 1 heterocycles. The number of halogens is 6. The number of alkyl halides is 6. The molecule has 0 N–H and O–H groups in total. The molecule has 0 radical (unpaired) electrons. The van der Waals surface area contributed by atoms with Gasteiger partial charge in [-0.2, -0.15) is 30.6 Å². The van der Waals surface area contributed by atoms with Crippen LogP contribution in [0.25, 0.3) is 0 Å². The van der Waals surface area contributed by atoms with Crippen LogP contribution in [0.2, 0.25) is 0 Å². The van der Waals surface area contributed by atoms with Crippen molar-refractivity contribution in [2.75, 3.05) is 26.2 Å². The zero-order valence-corrected chi connectivity index (χ0v) is 14.3. The molecule has 6 nitrogen and oxygen atoms in total. The van der Waals surface area contributed by atoms with Gasteiger partial charge in [0.1, 0.15) is 0 Å². The van der Waals surface area contributed by atoms with Gasteiger partial charge in [-0.25, -0.2) is 13.2 Å². The summed E-state index contributed by atoms with van der Waals surface area (Å²) >= 11 is 0. The number of piperazine rings is 1. The highest BCUT2D eigenvalue weighted by Crippen LogP contribution is 2.36. The molecule has 0 aliphatic carbocycles. The first-order chi connectivity index (χ1) is 12.3. The fourth-order valence-corrected chi connectivity index (χ4v) is 3.79. The van der Waals surface area contributed by atoms with Gasteiger partial charge in [-0.15, -0.1) is 0 Å². The molecule has 0 atom stereocenters. The van der Waals surface area contributed by atoms with E-state index in [4.69, 9.17) is 0 Å². The molecule has 0 aromatic heterocycles. The van der Waals surface area contributed by atoms with E-state index in [2.05, 4.69) is 4.74 Å². The van der Waals surface area contributed by atoms with Gasteiger partial charge >= 0.3 is 18.4 Å². The monoisotopic (exact) mass is 420 g/mol. The average Bonchev–Trinajstić information content (AvgIpc) is 2.58. The number of carbonyl (C=O) groups is 1. The summed E-state index contributed by atoms with van der Waals surface area (Å²) in [4.78, 5) is 12.2. The van der Waals surface area contributed by atoms with Crippen molar-refractivity contribution in [3.05, 3.63) is 30.3 Å². The number of nitrogens with zero attached hydrogens (tertiary/aromatic N) is 2. The minimum absolute atomic E-state index is 0.0183. The Morgan fingerprint density at radius 1 is 0.926 bits per heavy atom. The maximum Gasteiger partial charge on any atom is 0.434 e. The number of amides is 1. The van der Waals surface area contributed by atoms with E-state index in [1.807, 2.05) is 0 Å². The first-order valence-corrected chi connectivity index (χ1v) is 8.91. The van der Waals surface area contributed by atoms with E-state index in [1.165, 1.54) is 24.3 Å². The van der Waals surface area contributed by atoms with E-state index in [0.29, 0.717) is 4.90 Å². The molecule has 1 aliphatic heterocycles. The van der Waals surface area contributed by atoms with Crippen LogP contribution in [-0.4, -0.2) is 68.4 Å². The van der Waals surface area contributed by atoms with Crippen molar-refractivity contribution >= 4 is 16.1 Å². The topological polar surface area (TPSA) is 66.9 Å². The van der Waals surface area contributed by atoms with Gasteiger partial charge in [-0.05, 0) is 12.1 Å². The molecule has 1 aromatic carbocycles. The summed E-state index contributed by atoms with van der Waals surface area (Å²) in [6.45, 7) is -1.41. The summed E-state index contributed by atoms with van der Waals surface area (Å²) in [5.74, 6) is 0. The van der Waals surface area contributed by atoms with Crippen molar-refractivity contribution in [2.45, 2.75) is 23.4 Å². The lowest BCUT2D eigenvalue weighted by Gasteiger charge is -2.34. The van der Waals surface area contributed by atoms with Gasteiger partial charge in [-0.3, -0.25) is 0 Å². The van der Waals surface area contributed by atoms with E-state index in [1.54, 1.807) is 6.07 Å². The van der Waals surface area contributed by atoms with Crippen LogP contribution in [0.1, 0.15) is 0 Å². The molecule has 152 valence electrons. The second-order valence-electron chi connectivity index (χ2n) is 5.55. The first-order valence-electron chi connectivity index (χ1n) is 7.47. The Balaban J connectivity index is 2.02. The van der Waals surface area contributed by atoms with E-state index in [-0.39, 0.29) is 18.0 Å². The molecule has 1 aliphatic rings. The van der Waals surface area contributed by atoms with Crippen molar-refractivity contribution in [3.63, 3.8) is 0 Å². The predicted octanol–water partition coefficient (Wildman–Crippen LogP) is 2.62. The number of hydrogen-bond donors (Lipinski definition) is 0. The Morgan fingerprint density at radius 3 is 1.85 bits per heavy atom. The highest BCUT2D eigenvalue weighted by molar-refractivity contribution is 7.89. The molecule has 1 amide bonds.